The quantitative estimate of drug-likeness (QED) is 0.660. The largest absolute Gasteiger partial charge is 0.491 e. The average Bonchev–Trinajstić information content (AvgIpc) is 2.72. The van der Waals surface area contributed by atoms with Gasteiger partial charge in [0, 0.05) is 31.7 Å². The third kappa shape index (κ3) is 6.33. The third-order valence-electron chi connectivity index (χ3n) is 4.98. The second-order valence-electron chi connectivity index (χ2n) is 7.36. The Morgan fingerprint density at radius 1 is 1.30 bits per heavy atom. The lowest BCUT2D eigenvalue weighted by Gasteiger charge is -2.34. The van der Waals surface area contributed by atoms with Gasteiger partial charge in [-0.2, -0.15) is 0 Å². The van der Waals surface area contributed by atoms with Crippen LogP contribution in [-0.4, -0.2) is 70.7 Å². The van der Waals surface area contributed by atoms with Gasteiger partial charge in [-0.25, -0.2) is 8.42 Å². The molecule has 164 valence electrons. The second kappa shape index (κ2) is 9.98. The maximum atomic E-state index is 11.6. The van der Waals surface area contributed by atoms with Crippen molar-refractivity contribution in [2.24, 2.45) is 0 Å². The molecule has 0 bridgehead atoms. The highest BCUT2D eigenvalue weighted by Crippen LogP contribution is 2.25. The molecule has 0 saturated carbocycles. The summed E-state index contributed by atoms with van der Waals surface area (Å²) < 4.78 is 35.9. The lowest BCUT2D eigenvalue weighted by molar-refractivity contribution is -0.0459. The third-order valence-corrected chi connectivity index (χ3v) is 6.42. The van der Waals surface area contributed by atoms with Gasteiger partial charge in [0.25, 0.3) is 0 Å². The average molecular weight is 455 g/mol. The number of aliphatic hydroxyl groups excluding tert-OH is 1. The lowest BCUT2D eigenvalue weighted by atomic mass is 10.1. The first kappa shape index (κ1) is 22.8. The zero-order chi connectivity index (χ0) is 21.7. The Morgan fingerprint density at radius 3 is 2.70 bits per heavy atom. The lowest BCUT2D eigenvalue weighted by Crippen LogP contribution is -2.43. The van der Waals surface area contributed by atoms with Crippen molar-refractivity contribution in [2.45, 2.75) is 12.2 Å². The smallest absolute Gasteiger partial charge is 0.231 e. The van der Waals surface area contributed by atoms with Crippen LogP contribution in [0.5, 0.6) is 5.75 Å². The van der Waals surface area contributed by atoms with Gasteiger partial charge in [0.2, 0.25) is 10.0 Å². The summed E-state index contributed by atoms with van der Waals surface area (Å²) in [6.45, 7) is 2.60. The van der Waals surface area contributed by atoms with Gasteiger partial charge in [0.15, 0.2) is 0 Å². The van der Waals surface area contributed by atoms with Gasteiger partial charge < -0.3 is 14.6 Å². The molecule has 1 aliphatic heterocycles. The number of β-amino-alcohol motifs (C(OH)–C–C–N with tert-alkyl or cyclic N) is 1. The molecule has 0 spiro atoms. The van der Waals surface area contributed by atoms with Crippen molar-refractivity contribution in [1.82, 2.24) is 4.90 Å². The molecule has 2 aromatic rings. The fraction of sp³-hybridized carbons (Fsp3) is 0.429. The molecule has 1 aliphatic rings. The normalized spacial score (nSPS) is 18.7. The molecule has 2 unspecified atom stereocenters. The molecule has 2 aromatic carbocycles. The van der Waals surface area contributed by atoms with Crippen molar-refractivity contribution >= 4 is 27.3 Å². The van der Waals surface area contributed by atoms with E-state index in [1.165, 1.54) is 11.4 Å². The monoisotopic (exact) mass is 454 g/mol. The fourth-order valence-corrected chi connectivity index (χ4v) is 3.97. The highest BCUT2D eigenvalue weighted by molar-refractivity contribution is 7.92. The minimum atomic E-state index is -3.31. The molecule has 1 fully saturated rings. The molecule has 1 heterocycles. The van der Waals surface area contributed by atoms with Crippen LogP contribution in [0.1, 0.15) is 11.7 Å². The van der Waals surface area contributed by atoms with Gasteiger partial charge in [0.05, 0.1) is 24.7 Å². The Hall–Kier alpha value is -1.84. The Balaban J connectivity index is 1.49. The predicted molar refractivity (Wildman–Crippen MR) is 118 cm³/mol. The van der Waals surface area contributed by atoms with Crippen LogP contribution in [-0.2, 0) is 14.8 Å². The molecule has 30 heavy (non-hydrogen) atoms. The van der Waals surface area contributed by atoms with E-state index >= 15 is 0 Å². The number of rotatable bonds is 8. The summed E-state index contributed by atoms with van der Waals surface area (Å²) in [6.07, 6.45) is 0.405. The minimum Gasteiger partial charge on any atom is -0.491 e. The van der Waals surface area contributed by atoms with E-state index in [9.17, 15) is 13.5 Å². The first-order valence-electron chi connectivity index (χ1n) is 9.66. The zero-order valence-electron chi connectivity index (χ0n) is 17.1. The Morgan fingerprint density at radius 2 is 2.03 bits per heavy atom. The van der Waals surface area contributed by atoms with Crippen molar-refractivity contribution in [3.05, 3.63) is 59.1 Å². The van der Waals surface area contributed by atoms with Gasteiger partial charge in [0.1, 0.15) is 18.5 Å². The molecule has 0 aliphatic carbocycles. The summed E-state index contributed by atoms with van der Waals surface area (Å²) in [6, 6.07) is 14.3. The topological polar surface area (TPSA) is 79.3 Å². The van der Waals surface area contributed by atoms with E-state index in [4.69, 9.17) is 21.1 Å². The van der Waals surface area contributed by atoms with E-state index in [0.29, 0.717) is 36.2 Å². The molecule has 7 nitrogen and oxygen atoms in total. The van der Waals surface area contributed by atoms with Crippen LogP contribution in [0.25, 0.3) is 0 Å². The summed E-state index contributed by atoms with van der Waals surface area (Å²) in [4.78, 5) is 2.15. The summed E-state index contributed by atoms with van der Waals surface area (Å²) in [5.74, 6) is 0.568. The van der Waals surface area contributed by atoms with Crippen LogP contribution >= 0.6 is 11.6 Å². The number of morpholine rings is 1. The van der Waals surface area contributed by atoms with Gasteiger partial charge in [-0.05, 0) is 42.0 Å². The number of ether oxygens (including phenoxy) is 2. The van der Waals surface area contributed by atoms with E-state index in [1.807, 2.05) is 24.3 Å². The molecular weight excluding hydrogens is 428 g/mol. The second-order valence-corrected chi connectivity index (χ2v) is 9.81. The van der Waals surface area contributed by atoms with Crippen molar-refractivity contribution in [2.75, 3.05) is 50.5 Å². The molecular formula is C21H27ClN2O5S. The van der Waals surface area contributed by atoms with Gasteiger partial charge in [-0.1, -0.05) is 23.7 Å². The Kier molecular flexibility index (Phi) is 7.60. The molecule has 0 radical (unpaired) electrons. The predicted octanol–water partition coefficient (Wildman–Crippen LogP) is 2.55. The summed E-state index contributed by atoms with van der Waals surface area (Å²) in [5.41, 5.74) is 1.57. The molecule has 2 atom stereocenters. The maximum absolute atomic E-state index is 11.6. The fourth-order valence-electron chi connectivity index (χ4n) is 3.26. The maximum Gasteiger partial charge on any atom is 0.231 e. The van der Waals surface area contributed by atoms with E-state index < -0.39 is 16.1 Å². The van der Waals surface area contributed by atoms with Crippen LogP contribution in [0.4, 0.5) is 5.69 Å². The minimum absolute atomic E-state index is 0.0788. The van der Waals surface area contributed by atoms with E-state index in [-0.39, 0.29) is 12.7 Å². The van der Waals surface area contributed by atoms with Crippen LogP contribution < -0.4 is 9.04 Å². The van der Waals surface area contributed by atoms with Crippen LogP contribution in [0.3, 0.4) is 0 Å². The number of anilines is 1. The number of sulfonamides is 1. The summed E-state index contributed by atoms with van der Waals surface area (Å²) >= 11 is 6.08. The van der Waals surface area contributed by atoms with Crippen molar-refractivity contribution < 1.29 is 23.0 Å². The first-order chi connectivity index (χ1) is 14.2. The van der Waals surface area contributed by atoms with Gasteiger partial charge >= 0.3 is 0 Å². The summed E-state index contributed by atoms with van der Waals surface area (Å²) in [7, 11) is -1.81. The van der Waals surface area contributed by atoms with Crippen molar-refractivity contribution in [3.8, 4) is 5.75 Å². The standard InChI is InChI=1S/C21H27ClN2O5S/c1-23(30(2,26)27)18-6-8-20(9-7-18)29-15-19(25)13-24-10-11-28-21(14-24)16-4-3-5-17(22)12-16/h3-9,12,19,21,25H,10-11,13-15H2,1-2H3. The van der Waals surface area contributed by atoms with Crippen LogP contribution in [0.15, 0.2) is 48.5 Å². The van der Waals surface area contributed by atoms with Crippen molar-refractivity contribution in [1.29, 1.82) is 0 Å². The van der Waals surface area contributed by atoms with Gasteiger partial charge in [-0.15, -0.1) is 0 Å². The van der Waals surface area contributed by atoms with Crippen molar-refractivity contribution in [3.63, 3.8) is 0 Å². The van der Waals surface area contributed by atoms with Crippen LogP contribution in [0.2, 0.25) is 5.02 Å². The molecule has 0 aromatic heterocycles. The number of nitrogens with zero attached hydrogens (tertiary/aromatic N) is 2. The first-order valence-corrected chi connectivity index (χ1v) is 11.9. The van der Waals surface area contributed by atoms with Gasteiger partial charge in [-0.3, -0.25) is 9.21 Å². The molecule has 1 saturated heterocycles. The van der Waals surface area contributed by atoms with E-state index in [2.05, 4.69) is 4.90 Å². The molecule has 1 N–H and O–H groups in total. The summed E-state index contributed by atoms with van der Waals surface area (Å²) in [5, 5.41) is 11.1. The number of hydrogen-bond acceptors (Lipinski definition) is 6. The zero-order valence-corrected chi connectivity index (χ0v) is 18.6. The highest BCUT2D eigenvalue weighted by atomic mass is 35.5. The highest BCUT2D eigenvalue weighted by Gasteiger charge is 2.24. The Labute approximate surface area is 182 Å². The SMILES string of the molecule is CN(c1ccc(OCC(O)CN2CCOC(c3cccc(Cl)c3)C2)cc1)S(C)(=O)=O. The number of benzene rings is 2. The molecule has 0 amide bonds. The number of halogens is 1. The molecule has 3 rings (SSSR count). The number of hydrogen-bond donors (Lipinski definition) is 1. The molecule has 9 heteroatoms. The number of aliphatic hydroxyl groups is 1. The Bertz CT molecular complexity index is 939. The van der Waals surface area contributed by atoms with Crippen LogP contribution in [0, 0.1) is 0 Å². The van der Waals surface area contributed by atoms with E-state index in [0.717, 1.165) is 18.4 Å². The van der Waals surface area contributed by atoms with E-state index in [1.54, 1.807) is 24.3 Å².